The van der Waals surface area contributed by atoms with Gasteiger partial charge in [-0.2, -0.15) is 0 Å². The number of fused-ring (bicyclic) bond motifs is 1. The van der Waals surface area contributed by atoms with E-state index in [2.05, 4.69) is 0 Å². The second-order valence-electron chi connectivity index (χ2n) is 7.17. The molecule has 0 radical (unpaired) electrons. The van der Waals surface area contributed by atoms with Crippen LogP contribution < -0.4 is 5.73 Å². The van der Waals surface area contributed by atoms with Gasteiger partial charge in [0.05, 0.1) is 17.7 Å². The van der Waals surface area contributed by atoms with Gasteiger partial charge in [0.25, 0.3) is 11.8 Å². The number of rotatable bonds is 6. The second kappa shape index (κ2) is 8.93. The number of aryl methyl sites for hydroxylation is 2. The Kier molecular flexibility index (Phi) is 6.33. The van der Waals surface area contributed by atoms with E-state index in [0.717, 1.165) is 24.0 Å². The van der Waals surface area contributed by atoms with Crippen LogP contribution >= 0.6 is 12.4 Å². The fourth-order valence-corrected chi connectivity index (χ4v) is 3.52. The summed E-state index contributed by atoms with van der Waals surface area (Å²) in [6, 6.07) is 22.7. The van der Waals surface area contributed by atoms with Gasteiger partial charge in [0, 0.05) is 5.56 Å². The zero-order valence-electron chi connectivity index (χ0n) is 16.3. The highest BCUT2D eigenvalue weighted by Gasteiger charge is 2.34. The van der Waals surface area contributed by atoms with Crippen LogP contribution in [0.1, 0.15) is 43.0 Å². The number of amidine groups is 1. The van der Waals surface area contributed by atoms with Gasteiger partial charge in [0.1, 0.15) is 5.84 Å². The number of carbonyl (C=O) groups excluding carboxylic acids is 2. The van der Waals surface area contributed by atoms with Gasteiger partial charge >= 0.3 is 0 Å². The molecule has 2 amide bonds. The van der Waals surface area contributed by atoms with Crippen molar-refractivity contribution in [2.75, 3.05) is 0 Å². The number of halogens is 1. The fraction of sp³-hybridized carbons (Fsp3) is 0.125. The zero-order chi connectivity index (χ0) is 20.4. The van der Waals surface area contributed by atoms with Crippen LogP contribution in [0.3, 0.4) is 0 Å². The molecular formula is C24H22ClN3O2. The Labute approximate surface area is 181 Å². The topological polar surface area (TPSA) is 87.2 Å². The molecule has 5 nitrogen and oxygen atoms in total. The van der Waals surface area contributed by atoms with E-state index in [4.69, 9.17) is 11.1 Å². The number of benzene rings is 3. The highest BCUT2D eigenvalue weighted by atomic mass is 35.5. The molecule has 0 saturated heterocycles. The summed E-state index contributed by atoms with van der Waals surface area (Å²) in [5, 5.41) is 7.44. The van der Waals surface area contributed by atoms with E-state index in [1.165, 1.54) is 16.0 Å². The highest BCUT2D eigenvalue weighted by molar-refractivity contribution is 6.21. The van der Waals surface area contributed by atoms with Gasteiger partial charge in [-0.25, -0.2) is 0 Å². The van der Waals surface area contributed by atoms with Crippen LogP contribution in [0.2, 0.25) is 0 Å². The van der Waals surface area contributed by atoms with Crippen molar-refractivity contribution in [3.63, 3.8) is 0 Å². The summed E-state index contributed by atoms with van der Waals surface area (Å²) < 4.78 is 0. The van der Waals surface area contributed by atoms with Crippen molar-refractivity contribution in [1.82, 2.24) is 4.90 Å². The number of carbonyl (C=O) groups is 2. The molecule has 0 saturated carbocycles. The maximum absolute atomic E-state index is 12.5. The predicted octanol–water partition coefficient (Wildman–Crippen LogP) is 3.97. The summed E-state index contributed by atoms with van der Waals surface area (Å²) in [5.74, 6) is -0.391. The lowest BCUT2D eigenvalue weighted by molar-refractivity contribution is 0.0642. The molecule has 0 fully saturated rings. The number of hydrogen-bond acceptors (Lipinski definition) is 3. The average molecular weight is 420 g/mol. The monoisotopic (exact) mass is 419 g/mol. The molecule has 0 aromatic heterocycles. The van der Waals surface area contributed by atoms with Crippen molar-refractivity contribution in [2.24, 2.45) is 5.73 Å². The summed E-state index contributed by atoms with van der Waals surface area (Å²) in [4.78, 5) is 26.3. The normalized spacial score (nSPS) is 12.5. The molecule has 30 heavy (non-hydrogen) atoms. The van der Waals surface area contributed by atoms with Crippen molar-refractivity contribution in [3.8, 4) is 0 Å². The Bertz CT molecular complexity index is 1060. The van der Waals surface area contributed by atoms with Gasteiger partial charge in [0.2, 0.25) is 0 Å². The van der Waals surface area contributed by atoms with Crippen LogP contribution in [-0.4, -0.2) is 22.5 Å². The number of hydrogen-bond donors (Lipinski definition) is 2. The van der Waals surface area contributed by atoms with Gasteiger partial charge in [-0.05, 0) is 41.7 Å². The van der Waals surface area contributed by atoms with Crippen molar-refractivity contribution >= 4 is 30.1 Å². The van der Waals surface area contributed by atoms with Gasteiger partial charge < -0.3 is 5.73 Å². The molecule has 1 heterocycles. The van der Waals surface area contributed by atoms with Gasteiger partial charge in [-0.15, -0.1) is 12.4 Å². The molecule has 0 spiro atoms. The van der Waals surface area contributed by atoms with E-state index in [1.54, 1.807) is 24.3 Å². The van der Waals surface area contributed by atoms with Crippen LogP contribution in [0.5, 0.6) is 0 Å². The van der Waals surface area contributed by atoms with E-state index < -0.39 is 0 Å². The molecule has 152 valence electrons. The Balaban J connectivity index is 0.00000256. The molecule has 3 aromatic carbocycles. The van der Waals surface area contributed by atoms with Gasteiger partial charge in [-0.3, -0.25) is 19.9 Å². The lowest BCUT2D eigenvalue weighted by Gasteiger charge is -2.14. The quantitative estimate of drug-likeness (QED) is 0.360. The van der Waals surface area contributed by atoms with E-state index in [-0.39, 0.29) is 36.6 Å². The smallest absolute Gasteiger partial charge is 0.261 e. The molecule has 1 aliphatic rings. The van der Waals surface area contributed by atoms with Crippen LogP contribution in [-0.2, 0) is 19.4 Å². The van der Waals surface area contributed by atoms with Crippen molar-refractivity contribution in [2.45, 2.75) is 19.4 Å². The minimum absolute atomic E-state index is 0. The number of nitrogens with two attached hydrogens (primary N) is 1. The average Bonchev–Trinajstić information content (AvgIpc) is 2.98. The van der Waals surface area contributed by atoms with Crippen LogP contribution in [0, 0.1) is 5.41 Å². The molecular weight excluding hydrogens is 398 g/mol. The van der Waals surface area contributed by atoms with Gasteiger partial charge in [-0.1, -0.05) is 60.7 Å². The first-order valence-corrected chi connectivity index (χ1v) is 9.49. The fourth-order valence-electron chi connectivity index (χ4n) is 3.52. The van der Waals surface area contributed by atoms with E-state index >= 15 is 0 Å². The van der Waals surface area contributed by atoms with Crippen LogP contribution in [0.4, 0.5) is 0 Å². The molecule has 0 aliphatic carbocycles. The standard InChI is InChI=1S/C24H21N3O2.ClH/c25-22(26)19-13-11-17(12-14-19)6-5-16-7-9-18(10-8-16)15-27-23(28)20-3-1-2-4-21(20)24(27)29;/h1-4,7-14H,5-6,15H2,(H3,25,26);1H. The first-order chi connectivity index (χ1) is 14.0. The van der Waals surface area contributed by atoms with E-state index in [0.29, 0.717) is 11.1 Å². The third-order valence-electron chi connectivity index (χ3n) is 5.21. The lowest BCUT2D eigenvalue weighted by atomic mass is 10.0. The van der Waals surface area contributed by atoms with Crippen molar-refractivity contribution in [3.05, 3.63) is 106 Å². The predicted molar refractivity (Wildman–Crippen MR) is 119 cm³/mol. The Morgan fingerprint density at radius 1 is 0.733 bits per heavy atom. The number of imide groups is 1. The van der Waals surface area contributed by atoms with Crippen molar-refractivity contribution in [1.29, 1.82) is 5.41 Å². The maximum Gasteiger partial charge on any atom is 0.261 e. The minimum Gasteiger partial charge on any atom is -0.384 e. The van der Waals surface area contributed by atoms with Crippen LogP contribution in [0.15, 0.2) is 72.8 Å². The molecule has 0 atom stereocenters. The summed E-state index contributed by atoms with van der Waals surface area (Å²) >= 11 is 0. The minimum atomic E-state index is -0.233. The van der Waals surface area contributed by atoms with Crippen LogP contribution in [0.25, 0.3) is 0 Å². The zero-order valence-corrected chi connectivity index (χ0v) is 17.1. The number of amides is 2. The first kappa shape index (κ1) is 21.3. The maximum atomic E-state index is 12.5. The molecule has 6 heteroatoms. The lowest BCUT2D eigenvalue weighted by Crippen LogP contribution is -2.29. The number of nitrogens with zero attached hydrogens (tertiary/aromatic N) is 1. The molecule has 0 unspecified atom stereocenters. The summed E-state index contributed by atoms with van der Waals surface area (Å²) in [7, 11) is 0. The molecule has 3 N–H and O–H groups in total. The summed E-state index contributed by atoms with van der Waals surface area (Å²) in [6.45, 7) is 0.277. The SMILES string of the molecule is Cl.N=C(N)c1ccc(CCc2ccc(CN3C(=O)c4ccccc4C3=O)cc2)cc1. The molecule has 1 aliphatic heterocycles. The van der Waals surface area contributed by atoms with E-state index in [9.17, 15) is 9.59 Å². The van der Waals surface area contributed by atoms with E-state index in [1.807, 2.05) is 48.5 Å². The third-order valence-corrected chi connectivity index (χ3v) is 5.21. The first-order valence-electron chi connectivity index (χ1n) is 9.49. The molecule has 4 rings (SSSR count). The molecule has 3 aromatic rings. The highest BCUT2D eigenvalue weighted by Crippen LogP contribution is 2.24. The number of nitrogens with one attached hydrogen (secondary N) is 1. The van der Waals surface area contributed by atoms with Gasteiger partial charge in [0.15, 0.2) is 0 Å². The largest absolute Gasteiger partial charge is 0.384 e. The Hall–Kier alpha value is -3.44. The summed E-state index contributed by atoms with van der Waals surface area (Å²) in [6.07, 6.45) is 1.77. The Morgan fingerprint density at radius 3 is 1.63 bits per heavy atom. The van der Waals surface area contributed by atoms with Crippen molar-refractivity contribution < 1.29 is 9.59 Å². The number of nitrogen functional groups attached to an aromatic ring is 1. The molecule has 0 bridgehead atoms. The second-order valence-corrected chi connectivity index (χ2v) is 7.17. The summed E-state index contributed by atoms with van der Waals surface area (Å²) in [5.41, 5.74) is 10.5. The third kappa shape index (κ3) is 4.26. The Morgan fingerprint density at radius 2 is 1.17 bits per heavy atom.